The summed E-state index contributed by atoms with van der Waals surface area (Å²) in [6.07, 6.45) is 3.46. The molecular formula is C33H37N3O4. The van der Waals surface area contributed by atoms with Gasteiger partial charge in [-0.2, -0.15) is 0 Å². The Morgan fingerprint density at radius 3 is 2.33 bits per heavy atom. The fourth-order valence-corrected chi connectivity index (χ4v) is 4.90. The number of hydrogen-bond acceptors (Lipinski definition) is 4. The number of carbonyl (C=O) groups is 3. The molecule has 7 heteroatoms. The number of rotatable bonds is 13. The van der Waals surface area contributed by atoms with Crippen molar-refractivity contribution in [2.75, 3.05) is 12.4 Å². The van der Waals surface area contributed by atoms with Crippen molar-refractivity contribution in [1.82, 2.24) is 10.3 Å². The van der Waals surface area contributed by atoms with Crippen LogP contribution in [0.2, 0.25) is 0 Å². The number of fused-ring (bicyclic) bond motifs is 1. The third kappa shape index (κ3) is 7.59. The van der Waals surface area contributed by atoms with Crippen LogP contribution in [0.5, 0.6) is 5.75 Å². The fourth-order valence-electron chi connectivity index (χ4n) is 4.90. The molecule has 1 aromatic heterocycles. The number of amides is 2. The van der Waals surface area contributed by atoms with Gasteiger partial charge in [-0.15, -0.1) is 0 Å². The van der Waals surface area contributed by atoms with E-state index in [1.165, 1.54) is 0 Å². The lowest BCUT2D eigenvalue weighted by atomic mass is 10.0. The third-order valence-electron chi connectivity index (χ3n) is 7.10. The summed E-state index contributed by atoms with van der Waals surface area (Å²) in [6.45, 7) is 3.52. The van der Waals surface area contributed by atoms with Crippen LogP contribution in [0.3, 0.4) is 0 Å². The molecule has 7 nitrogen and oxygen atoms in total. The molecule has 0 aliphatic rings. The van der Waals surface area contributed by atoms with E-state index in [4.69, 9.17) is 4.74 Å². The van der Waals surface area contributed by atoms with Gasteiger partial charge >= 0.3 is 0 Å². The van der Waals surface area contributed by atoms with Gasteiger partial charge in [-0.25, -0.2) is 0 Å². The van der Waals surface area contributed by atoms with E-state index in [2.05, 4.69) is 15.6 Å². The van der Waals surface area contributed by atoms with Gasteiger partial charge in [0.05, 0.1) is 13.5 Å². The molecule has 3 N–H and O–H groups in total. The Morgan fingerprint density at radius 1 is 0.900 bits per heavy atom. The highest BCUT2D eigenvalue weighted by atomic mass is 16.5. The number of nitrogens with one attached hydrogen (secondary N) is 3. The molecule has 0 saturated heterocycles. The van der Waals surface area contributed by atoms with Gasteiger partial charge in [0.15, 0.2) is 0 Å². The second-order valence-corrected chi connectivity index (χ2v) is 10.2. The van der Waals surface area contributed by atoms with Crippen LogP contribution in [-0.4, -0.2) is 35.7 Å². The summed E-state index contributed by atoms with van der Waals surface area (Å²) < 4.78 is 5.37. The van der Waals surface area contributed by atoms with Gasteiger partial charge in [0.1, 0.15) is 17.6 Å². The number of ketones is 1. The number of H-pyrrole nitrogens is 1. The van der Waals surface area contributed by atoms with E-state index in [0.29, 0.717) is 24.3 Å². The molecule has 208 valence electrons. The van der Waals surface area contributed by atoms with E-state index in [1.807, 2.05) is 79.7 Å². The van der Waals surface area contributed by atoms with Crippen LogP contribution in [0.25, 0.3) is 22.0 Å². The van der Waals surface area contributed by atoms with Gasteiger partial charge in [-0.3, -0.25) is 9.59 Å². The minimum Gasteiger partial charge on any atom is -0.497 e. The second kappa shape index (κ2) is 13.6. The van der Waals surface area contributed by atoms with Crippen molar-refractivity contribution < 1.29 is 19.1 Å². The van der Waals surface area contributed by atoms with E-state index < -0.39 is 6.04 Å². The Bertz CT molecular complexity index is 1460. The molecule has 40 heavy (non-hydrogen) atoms. The Hall–Kier alpha value is -4.39. The van der Waals surface area contributed by atoms with E-state index in [0.717, 1.165) is 52.5 Å². The molecule has 0 aliphatic carbocycles. The maximum Gasteiger partial charge on any atom is 0.246 e. The largest absolute Gasteiger partial charge is 0.497 e. The van der Waals surface area contributed by atoms with Crippen molar-refractivity contribution in [1.29, 1.82) is 0 Å². The number of methoxy groups -OCH3 is 1. The maximum atomic E-state index is 13.3. The number of ether oxygens (including phenoxy) is 1. The predicted molar refractivity (Wildman–Crippen MR) is 159 cm³/mol. The average molecular weight is 540 g/mol. The van der Waals surface area contributed by atoms with Crippen molar-refractivity contribution in [2.24, 2.45) is 0 Å². The molecular weight excluding hydrogens is 502 g/mol. The molecule has 0 aliphatic heterocycles. The Balaban J connectivity index is 1.45. The molecule has 4 aromatic rings. The number of aromatic amines is 1. The van der Waals surface area contributed by atoms with Crippen molar-refractivity contribution in [2.45, 2.75) is 58.4 Å². The van der Waals surface area contributed by atoms with Crippen molar-refractivity contribution in [3.05, 3.63) is 84.1 Å². The first kappa shape index (κ1) is 28.6. The van der Waals surface area contributed by atoms with Gasteiger partial charge in [0.25, 0.3) is 0 Å². The predicted octanol–water partition coefficient (Wildman–Crippen LogP) is 6.36. The monoisotopic (exact) mass is 539 g/mol. The lowest BCUT2D eigenvalue weighted by molar-refractivity contribution is -0.126. The number of aromatic nitrogens is 1. The number of unbranched alkanes of at least 4 members (excludes halogenated alkanes) is 2. The van der Waals surface area contributed by atoms with E-state index in [9.17, 15) is 14.4 Å². The summed E-state index contributed by atoms with van der Waals surface area (Å²) in [6, 6.07) is 22.7. The molecule has 0 fully saturated rings. The fraction of sp³-hybridized carbons (Fsp3) is 0.303. The normalized spacial score (nSPS) is 11.7. The lowest BCUT2D eigenvalue weighted by Crippen LogP contribution is -2.44. The van der Waals surface area contributed by atoms with Crippen LogP contribution >= 0.6 is 0 Å². The van der Waals surface area contributed by atoms with Crippen LogP contribution in [0, 0.1) is 6.92 Å². The Kier molecular flexibility index (Phi) is 9.73. The number of aryl methyl sites for hydroxylation is 1. The molecule has 0 bridgehead atoms. The standard InChI is InChI=1S/C33H37N3O4/c1-22(37)10-6-4-9-13-31(33(39)35-26-16-14-25(15-17-26)24-11-7-5-8-12-24)36-32(38)21-28-23(2)34-30-19-18-27(40-3)20-29(28)30/h5,7-8,11-12,14-20,31,34H,4,6,9-10,13,21H2,1-3H3,(H,35,39)(H,36,38). The van der Waals surface area contributed by atoms with Crippen LogP contribution in [0.1, 0.15) is 50.3 Å². The molecule has 1 unspecified atom stereocenters. The van der Waals surface area contributed by atoms with Crippen LogP contribution in [0.15, 0.2) is 72.8 Å². The summed E-state index contributed by atoms with van der Waals surface area (Å²) in [7, 11) is 1.61. The second-order valence-electron chi connectivity index (χ2n) is 10.2. The highest BCUT2D eigenvalue weighted by Gasteiger charge is 2.22. The molecule has 3 aromatic carbocycles. The van der Waals surface area contributed by atoms with Gasteiger partial charge in [0, 0.05) is 28.7 Å². The summed E-state index contributed by atoms with van der Waals surface area (Å²) >= 11 is 0. The van der Waals surface area contributed by atoms with E-state index in [-0.39, 0.29) is 24.0 Å². The van der Waals surface area contributed by atoms with Gasteiger partial charge < -0.3 is 25.1 Å². The average Bonchev–Trinajstić information content (AvgIpc) is 3.26. The molecule has 0 saturated carbocycles. The lowest BCUT2D eigenvalue weighted by Gasteiger charge is -2.19. The minimum absolute atomic E-state index is 0.138. The maximum absolute atomic E-state index is 13.3. The van der Waals surface area contributed by atoms with Crippen molar-refractivity contribution >= 4 is 34.2 Å². The molecule has 2 amide bonds. The van der Waals surface area contributed by atoms with Gasteiger partial charge in [-0.1, -0.05) is 55.3 Å². The van der Waals surface area contributed by atoms with Crippen LogP contribution in [-0.2, 0) is 20.8 Å². The number of benzene rings is 3. The van der Waals surface area contributed by atoms with Crippen molar-refractivity contribution in [3.8, 4) is 16.9 Å². The minimum atomic E-state index is -0.696. The number of anilines is 1. The third-order valence-corrected chi connectivity index (χ3v) is 7.10. The SMILES string of the molecule is COc1ccc2[nH]c(C)c(CC(=O)NC(CCCCCC(C)=O)C(=O)Nc3ccc(-c4ccccc4)cc3)c2c1. The summed E-state index contributed by atoms with van der Waals surface area (Å²) in [5.41, 5.74) is 5.53. The first-order valence-corrected chi connectivity index (χ1v) is 13.7. The number of Topliss-reactive ketones (excluding diaryl/α,β-unsaturated/α-hetero) is 1. The number of carbonyl (C=O) groups excluding carboxylic acids is 3. The highest BCUT2D eigenvalue weighted by molar-refractivity contribution is 5.98. The molecule has 4 rings (SSSR count). The zero-order chi connectivity index (χ0) is 28.5. The zero-order valence-corrected chi connectivity index (χ0v) is 23.4. The Morgan fingerprint density at radius 2 is 1.62 bits per heavy atom. The first-order valence-electron chi connectivity index (χ1n) is 13.7. The van der Waals surface area contributed by atoms with Gasteiger partial charge in [-0.05, 0) is 73.7 Å². The summed E-state index contributed by atoms with van der Waals surface area (Å²) in [5.74, 6) is 0.390. The summed E-state index contributed by atoms with van der Waals surface area (Å²) in [4.78, 5) is 41.2. The highest BCUT2D eigenvalue weighted by Crippen LogP contribution is 2.27. The Labute approximate surface area is 235 Å². The molecule has 1 atom stereocenters. The first-order chi connectivity index (χ1) is 19.3. The topological polar surface area (TPSA) is 100 Å². The summed E-state index contributed by atoms with van der Waals surface area (Å²) in [5, 5.41) is 6.87. The molecule has 1 heterocycles. The van der Waals surface area contributed by atoms with Crippen LogP contribution in [0.4, 0.5) is 5.69 Å². The van der Waals surface area contributed by atoms with Crippen molar-refractivity contribution in [3.63, 3.8) is 0 Å². The zero-order valence-electron chi connectivity index (χ0n) is 23.4. The van der Waals surface area contributed by atoms with Crippen LogP contribution < -0.4 is 15.4 Å². The smallest absolute Gasteiger partial charge is 0.246 e. The molecule has 0 radical (unpaired) electrons. The van der Waals surface area contributed by atoms with Gasteiger partial charge in [0.2, 0.25) is 11.8 Å². The number of hydrogen-bond donors (Lipinski definition) is 3. The van der Waals surface area contributed by atoms with E-state index in [1.54, 1.807) is 14.0 Å². The van der Waals surface area contributed by atoms with E-state index >= 15 is 0 Å². The molecule has 0 spiro atoms. The quantitative estimate of drug-likeness (QED) is 0.172.